The summed E-state index contributed by atoms with van der Waals surface area (Å²) in [6.07, 6.45) is 6.27. The molecule has 0 radical (unpaired) electrons. The van der Waals surface area contributed by atoms with Crippen LogP contribution >= 0.6 is 0 Å². The quantitative estimate of drug-likeness (QED) is 0.756. The molecule has 5 nitrogen and oxygen atoms in total. The van der Waals surface area contributed by atoms with Gasteiger partial charge in [0.15, 0.2) is 0 Å². The number of carboxylic acids is 1. The van der Waals surface area contributed by atoms with Crippen molar-refractivity contribution in [3.05, 3.63) is 77.0 Å². The standard InChI is InChI=1S/C18H13N3O2/c22-18(23)13-4-3-11-8-14-9-12(5-6-15(14)16(11)10-13)17-2-1-7-19-21-20-17/h1-7,9-10H,8H2,(H,19,20)(H,22,23). The zero-order valence-corrected chi connectivity index (χ0v) is 12.2. The SMILES string of the molecule is O=C(O)c1ccc2c(c1)-c1ccc(C3=CC=CNN=N3)cc1C2. The van der Waals surface area contributed by atoms with Crippen molar-refractivity contribution in [2.45, 2.75) is 6.42 Å². The van der Waals surface area contributed by atoms with Crippen molar-refractivity contribution >= 4 is 11.7 Å². The van der Waals surface area contributed by atoms with Gasteiger partial charge < -0.3 is 5.11 Å². The first-order valence-corrected chi connectivity index (χ1v) is 7.25. The maximum atomic E-state index is 11.2. The van der Waals surface area contributed by atoms with Gasteiger partial charge in [-0.25, -0.2) is 4.79 Å². The number of hydrogen-bond acceptors (Lipinski definition) is 4. The van der Waals surface area contributed by atoms with Crippen LogP contribution in [0.1, 0.15) is 27.0 Å². The van der Waals surface area contributed by atoms with Gasteiger partial charge in [-0.15, -0.1) is 5.11 Å². The Morgan fingerprint density at radius 2 is 2.00 bits per heavy atom. The lowest BCUT2D eigenvalue weighted by Crippen LogP contribution is -1.96. The Morgan fingerprint density at radius 3 is 2.87 bits per heavy atom. The molecule has 0 saturated carbocycles. The van der Waals surface area contributed by atoms with Crippen LogP contribution in [-0.2, 0) is 6.42 Å². The summed E-state index contributed by atoms with van der Waals surface area (Å²) < 4.78 is 0. The lowest BCUT2D eigenvalue weighted by atomic mass is 10.0. The Balaban J connectivity index is 1.77. The third-order valence-corrected chi connectivity index (χ3v) is 4.07. The van der Waals surface area contributed by atoms with E-state index in [1.54, 1.807) is 18.3 Å². The van der Waals surface area contributed by atoms with Crippen LogP contribution in [0.25, 0.3) is 16.8 Å². The highest BCUT2D eigenvalue weighted by Crippen LogP contribution is 2.38. The van der Waals surface area contributed by atoms with Crippen molar-refractivity contribution < 1.29 is 9.90 Å². The number of carbonyl (C=O) groups is 1. The molecule has 0 amide bonds. The van der Waals surface area contributed by atoms with E-state index in [1.165, 1.54) is 5.56 Å². The molecule has 0 spiro atoms. The number of carboxylic acid groups (broad SMARTS) is 1. The van der Waals surface area contributed by atoms with E-state index < -0.39 is 5.97 Å². The van der Waals surface area contributed by atoms with Crippen molar-refractivity contribution in [1.82, 2.24) is 5.43 Å². The van der Waals surface area contributed by atoms with Gasteiger partial charge in [0.05, 0.1) is 11.3 Å². The van der Waals surface area contributed by atoms with E-state index in [0.717, 1.165) is 34.4 Å². The van der Waals surface area contributed by atoms with E-state index in [-0.39, 0.29) is 0 Å². The summed E-state index contributed by atoms with van der Waals surface area (Å²) in [6.45, 7) is 0. The summed E-state index contributed by atoms with van der Waals surface area (Å²) in [5, 5.41) is 17.1. The third-order valence-electron chi connectivity index (χ3n) is 4.07. The van der Waals surface area contributed by atoms with Gasteiger partial charge >= 0.3 is 5.97 Å². The van der Waals surface area contributed by atoms with Crippen LogP contribution in [0.3, 0.4) is 0 Å². The molecule has 1 aliphatic carbocycles. The molecule has 0 bridgehead atoms. The molecule has 0 fully saturated rings. The van der Waals surface area contributed by atoms with Crippen molar-refractivity contribution in [2.24, 2.45) is 10.3 Å². The highest BCUT2D eigenvalue weighted by molar-refractivity contribution is 5.91. The highest BCUT2D eigenvalue weighted by Gasteiger charge is 2.20. The van der Waals surface area contributed by atoms with Gasteiger partial charge in [-0.05, 0) is 59.0 Å². The largest absolute Gasteiger partial charge is 0.478 e. The second-order valence-electron chi connectivity index (χ2n) is 5.47. The summed E-state index contributed by atoms with van der Waals surface area (Å²) in [4.78, 5) is 11.2. The lowest BCUT2D eigenvalue weighted by molar-refractivity contribution is 0.0697. The van der Waals surface area contributed by atoms with Gasteiger partial charge in [-0.3, -0.25) is 5.43 Å². The summed E-state index contributed by atoms with van der Waals surface area (Å²) >= 11 is 0. The predicted octanol–water partition coefficient (Wildman–Crippen LogP) is 3.78. The molecule has 0 saturated heterocycles. The molecule has 2 N–H and O–H groups in total. The maximum Gasteiger partial charge on any atom is 0.335 e. The first kappa shape index (κ1) is 13.5. The van der Waals surface area contributed by atoms with Gasteiger partial charge in [0.1, 0.15) is 0 Å². The van der Waals surface area contributed by atoms with Gasteiger partial charge in [0.2, 0.25) is 0 Å². The van der Waals surface area contributed by atoms with Crippen LogP contribution in [0, 0.1) is 0 Å². The first-order chi connectivity index (χ1) is 11.2. The average Bonchev–Trinajstić information content (AvgIpc) is 2.72. The molecular formula is C18H13N3O2. The van der Waals surface area contributed by atoms with E-state index in [9.17, 15) is 4.79 Å². The number of rotatable bonds is 2. The molecule has 1 aliphatic heterocycles. The minimum atomic E-state index is -0.902. The third kappa shape index (κ3) is 2.32. The lowest BCUT2D eigenvalue weighted by Gasteiger charge is -2.05. The number of nitrogens with one attached hydrogen (secondary N) is 1. The fourth-order valence-electron chi connectivity index (χ4n) is 2.97. The Morgan fingerprint density at radius 1 is 1.09 bits per heavy atom. The van der Waals surface area contributed by atoms with Crippen molar-refractivity contribution in [1.29, 1.82) is 0 Å². The van der Waals surface area contributed by atoms with E-state index in [4.69, 9.17) is 5.11 Å². The van der Waals surface area contributed by atoms with E-state index in [2.05, 4.69) is 21.8 Å². The molecular weight excluding hydrogens is 290 g/mol. The van der Waals surface area contributed by atoms with Gasteiger partial charge in [0.25, 0.3) is 0 Å². The van der Waals surface area contributed by atoms with Crippen molar-refractivity contribution in [3.8, 4) is 11.1 Å². The van der Waals surface area contributed by atoms with Crippen LogP contribution < -0.4 is 5.43 Å². The Bertz CT molecular complexity index is 910. The van der Waals surface area contributed by atoms with Crippen LogP contribution in [0.5, 0.6) is 0 Å². The summed E-state index contributed by atoms with van der Waals surface area (Å²) in [6, 6.07) is 11.4. The molecule has 0 atom stereocenters. The number of nitrogens with zero attached hydrogens (tertiary/aromatic N) is 2. The smallest absolute Gasteiger partial charge is 0.335 e. The summed E-state index contributed by atoms with van der Waals surface area (Å²) in [7, 11) is 0. The number of aromatic carboxylic acids is 1. The predicted molar refractivity (Wildman–Crippen MR) is 86.8 cm³/mol. The molecule has 2 aromatic rings. The highest BCUT2D eigenvalue weighted by atomic mass is 16.4. The molecule has 0 unspecified atom stereocenters. The molecule has 0 aromatic heterocycles. The fraction of sp³-hybridized carbons (Fsp3) is 0.0556. The van der Waals surface area contributed by atoms with Gasteiger partial charge in [0, 0.05) is 11.8 Å². The minimum absolute atomic E-state index is 0.317. The number of fused-ring (bicyclic) bond motifs is 3. The van der Waals surface area contributed by atoms with E-state index in [1.807, 2.05) is 30.4 Å². The Kier molecular flexibility index (Phi) is 3.05. The molecule has 23 heavy (non-hydrogen) atoms. The number of allylic oxidation sites excluding steroid dienone is 2. The fourth-order valence-corrected chi connectivity index (χ4v) is 2.97. The zero-order valence-electron chi connectivity index (χ0n) is 12.2. The molecule has 5 heteroatoms. The summed E-state index contributed by atoms with van der Waals surface area (Å²) in [5.41, 5.74) is 9.22. The molecule has 112 valence electrons. The Hall–Kier alpha value is -3.21. The van der Waals surface area contributed by atoms with Gasteiger partial charge in [-0.1, -0.05) is 23.4 Å². The van der Waals surface area contributed by atoms with Gasteiger partial charge in [-0.2, -0.15) is 0 Å². The normalized spacial score (nSPS) is 14.5. The number of hydrogen-bond donors (Lipinski definition) is 2. The second kappa shape index (κ2) is 5.21. The van der Waals surface area contributed by atoms with E-state index in [0.29, 0.717) is 5.56 Å². The van der Waals surface area contributed by atoms with Crippen molar-refractivity contribution in [3.63, 3.8) is 0 Å². The van der Waals surface area contributed by atoms with Crippen LogP contribution in [0.4, 0.5) is 0 Å². The minimum Gasteiger partial charge on any atom is -0.478 e. The Labute approximate surface area is 132 Å². The first-order valence-electron chi connectivity index (χ1n) is 7.25. The average molecular weight is 303 g/mol. The maximum absolute atomic E-state index is 11.2. The van der Waals surface area contributed by atoms with E-state index >= 15 is 0 Å². The molecule has 2 aliphatic rings. The second-order valence-corrected chi connectivity index (χ2v) is 5.47. The zero-order chi connectivity index (χ0) is 15.8. The van der Waals surface area contributed by atoms with Crippen LogP contribution in [0.15, 0.2) is 65.1 Å². The van der Waals surface area contributed by atoms with Crippen LogP contribution in [-0.4, -0.2) is 11.1 Å². The summed E-state index contributed by atoms with van der Waals surface area (Å²) in [5.74, 6) is -0.902. The molecule has 4 rings (SSSR count). The molecule has 1 heterocycles. The van der Waals surface area contributed by atoms with Crippen molar-refractivity contribution in [2.75, 3.05) is 0 Å². The van der Waals surface area contributed by atoms with Crippen LogP contribution in [0.2, 0.25) is 0 Å². The molecule has 2 aromatic carbocycles. The topological polar surface area (TPSA) is 74.0 Å². The monoisotopic (exact) mass is 303 g/mol. The number of benzene rings is 2.